The minimum absolute atomic E-state index is 0.0794. The maximum Gasteiger partial charge on any atom is 0.319 e. The molecular formula is C38H39F4N7O3. The van der Waals surface area contributed by atoms with E-state index in [0.717, 1.165) is 38.4 Å². The van der Waals surface area contributed by atoms with Crippen LogP contribution in [0.4, 0.5) is 23.4 Å². The van der Waals surface area contributed by atoms with Crippen molar-refractivity contribution in [3.05, 3.63) is 66.1 Å². The van der Waals surface area contributed by atoms with Gasteiger partial charge in [0.15, 0.2) is 17.5 Å². The van der Waals surface area contributed by atoms with Crippen molar-refractivity contribution >= 4 is 33.4 Å². The van der Waals surface area contributed by atoms with Crippen LogP contribution in [0.25, 0.3) is 32.9 Å². The van der Waals surface area contributed by atoms with E-state index in [2.05, 4.69) is 19.8 Å². The molecule has 2 aromatic carbocycles. The molecule has 5 fully saturated rings. The number of aromatic nitrogens is 3. The van der Waals surface area contributed by atoms with E-state index in [4.69, 9.17) is 14.5 Å². The van der Waals surface area contributed by atoms with Crippen molar-refractivity contribution in [3.63, 3.8) is 0 Å². The first-order chi connectivity index (χ1) is 25.1. The number of likely N-dealkylation sites (N-methyl/N-ethyl adjacent to an activating group) is 1. The number of carbonyl (C=O) groups is 1. The molecule has 0 bridgehead atoms. The summed E-state index contributed by atoms with van der Waals surface area (Å²) in [6.45, 7) is 4.05. The molecule has 14 heteroatoms. The van der Waals surface area contributed by atoms with Gasteiger partial charge in [0.25, 0.3) is 0 Å². The molecule has 272 valence electrons. The Morgan fingerprint density at radius 1 is 1.08 bits per heavy atom. The molecule has 5 saturated heterocycles. The lowest BCUT2D eigenvalue weighted by atomic mass is 9.91. The Balaban J connectivity index is 1.10. The van der Waals surface area contributed by atoms with E-state index in [1.165, 1.54) is 18.3 Å². The SMILES string of the molecule is CN1CC[C@@H]1/C=C/C(=O)N1CCN(c2nc(OC[C@@]34CCCN3C[C@H](F)C4)nc3c(F)c(-c4cccc5ccc(F)c(F)c45)ncc23)CC12COC2. The summed E-state index contributed by atoms with van der Waals surface area (Å²) in [5, 5.41) is 0.601. The summed E-state index contributed by atoms with van der Waals surface area (Å²) < 4.78 is 73.0. The third-order valence-corrected chi connectivity index (χ3v) is 11.8. The number of pyridine rings is 1. The first-order valence-corrected chi connectivity index (χ1v) is 17.9. The standard InChI is InChI=1S/C38H39F4N7O3/c1-46-13-10-25(46)7-9-29(50)49-15-14-47(19-38(49)20-51-21-38)35-27-17-43-33(26-5-2-4-23-6-8-28(40)31(41)30(23)26)32(42)34(27)44-36(45-35)52-22-37-11-3-12-48(37)18-24(39)16-37/h2,4-9,17,24-25H,3,10-16,18-22H2,1H3/b9-7+/t24-,25+,37+/m1/s1. The number of likely N-dealkylation sites (tertiary alicyclic amines) is 1. The topological polar surface area (TPSA) is 87.2 Å². The van der Waals surface area contributed by atoms with Crippen LogP contribution in [0.1, 0.15) is 25.7 Å². The van der Waals surface area contributed by atoms with Crippen molar-refractivity contribution in [2.75, 3.05) is 71.0 Å². The summed E-state index contributed by atoms with van der Waals surface area (Å²) in [6, 6.07) is 7.38. The third kappa shape index (κ3) is 5.40. The van der Waals surface area contributed by atoms with Gasteiger partial charge in [0.05, 0.1) is 24.1 Å². The van der Waals surface area contributed by atoms with Crippen LogP contribution >= 0.6 is 0 Å². The molecule has 0 radical (unpaired) electrons. The number of amides is 1. The van der Waals surface area contributed by atoms with Gasteiger partial charge in [-0.25, -0.2) is 17.6 Å². The van der Waals surface area contributed by atoms with E-state index in [9.17, 15) is 13.6 Å². The first kappa shape index (κ1) is 33.4. The maximum absolute atomic E-state index is 16.9. The van der Waals surface area contributed by atoms with E-state index < -0.39 is 34.7 Å². The number of carbonyl (C=O) groups excluding carboxylic acids is 1. The van der Waals surface area contributed by atoms with Crippen LogP contribution in [0.15, 0.2) is 48.7 Å². The van der Waals surface area contributed by atoms with E-state index >= 15 is 8.78 Å². The Kier molecular flexibility index (Phi) is 8.12. The molecule has 5 aliphatic heterocycles. The van der Waals surface area contributed by atoms with Gasteiger partial charge in [-0.15, -0.1) is 0 Å². The molecular weight excluding hydrogens is 678 g/mol. The molecule has 2 aromatic heterocycles. The number of halogens is 4. The highest BCUT2D eigenvalue weighted by atomic mass is 19.2. The fourth-order valence-corrected chi connectivity index (χ4v) is 8.82. The minimum atomic E-state index is -1.10. The van der Waals surface area contributed by atoms with Gasteiger partial charge in [-0.3, -0.25) is 19.6 Å². The molecule has 0 aliphatic carbocycles. The van der Waals surface area contributed by atoms with Gasteiger partial charge in [-0.05, 0) is 44.3 Å². The molecule has 1 amide bonds. The highest BCUT2D eigenvalue weighted by Gasteiger charge is 2.51. The van der Waals surface area contributed by atoms with Crippen LogP contribution < -0.4 is 9.64 Å². The van der Waals surface area contributed by atoms with Crippen molar-refractivity contribution in [1.29, 1.82) is 0 Å². The normalized spacial score (nSPS) is 26.0. The van der Waals surface area contributed by atoms with E-state index in [0.29, 0.717) is 62.4 Å². The van der Waals surface area contributed by atoms with E-state index in [1.807, 2.05) is 22.9 Å². The number of alkyl halides is 1. The predicted octanol–water partition coefficient (Wildman–Crippen LogP) is 4.90. The lowest BCUT2D eigenvalue weighted by molar-refractivity contribution is -0.164. The number of hydrogen-bond donors (Lipinski definition) is 0. The van der Waals surface area contributed by atoms with Crippen molar-refractivity contribution in [3.8, 4) is 17.3 Å². The largest absolute Gasteiger partial charge is 0.461 e. The van der Waals surface area contributed by atoms with Gasteiger partial charge in [0.1, 0.15) is 35.3 Å². The third-order valence-electron chi connectivity index (χ3n) is 11.8. The Bertz CT molecular complexity index is 2110. The summed E-state index contributed by atoms with van der Waals surface area (Å²) in [5.74, 6) is -2.71. The molecule has 0 N–H and O–H groups in total. The molecule has 9 rings (SSSR count). The molecule has 1 spiro atoms. The molecule has 52 heavy (non-hydrogen) atoms. The monoisotopic (exact) mass is 717 g/mol. The average molecular weight is 718 g/mol. The summed E-state index contributed by atoms with van der Waals surface area (Å²) in [6.07, 6.45) is 7.14. The molecule has 0 saturated carbocycles. The van der Waals surface area contributed by atoms with Gasteiger partial charge in [0, 0.05) is 68.4 Å². The van der Waals surface area contributed by atoms with E-state index in [-0.39, 0.29) is 46.7 Å². The predicted molar refractivity (Wildman–Crippen MR) is 186 cm³/mol. The van der Waals surface area contributed by atoms with Crippen LogP contribution in [0.2, 0.25) is 0 Å². The lowest BCUT2D eigenvalue weighted by Gasteiger charge is -2.55. The lowest BCUT2D eigenvalue weighted by Crippen LogP contribution is -2.72. The second-order valence-corrected chi connectivity index (χ2v) is 15.0. The highest BCUT2D eigenvalue weighted by Crippen LogP contribution is 2.42. The Labute approximate surface area is 298 Å². The van der Waals surface area contributed by atoms with Gasteiger partial charge in [0.2, 0.25) is 5.91 Å². The van der Waals surface area contributed by atoms with Gasteiger partial charge in [-0.1, -0.05) is 30.3 Å². The first-order valence-electron chi connectivity index (χ1n) is 17.9. The number of ether oxygens (including phenoxy) is 2. The Hall–Kier alpha value is -4.40. The number of nitrogens with zero attached hydrogens (tertiary/aromatic N) is 7. The fraction of sp³-hybridized carbons (Fsp3) is 0.474. The summed E-state index contributed by atoms with van der Waals surface area (Å²) >= 11 is 0. The number of hydrogen-bond acceptors (Lipinski definition) is 9. The fourth-order valence-electron chi connectivity index (χ4n) is 8.82. The number of fused-ring (bicyclic) bond motifs is 3. The zero-order valence-electron chi connectivity index (χ0n) is 28.8. The maximum atomic E-state index is 16.9. The van der Waals surface area contributed by atoms with Crippen LogP contribution in [0.3, 0.4) is 0 Å². The zero-order valence-corrected chi connectivity index (χ0v) is 28.8. The molecule has 3 atom stereocenters. The number of piperazine rings is 1. The molecule has 0 unspecified atom stereocenters. The average Bonchev–Trinajstić information content (AvgIpc) is 3.66. The number of rotatable bonds is 7. The molecule has 10 nitrogen and oxygen atoms in total. The van der Waals surface area contributed by atoms with Crippen LogP contribution in [-0.2, 0) is 9.53 Å². The molecule has 7 heterocycles. The number of anilines is 1. The second-order valence-electron chi connectivity index (χ2n) is 15.0. The minimum Gasteiger partial charge on any atom is -0.461 e. The van der Waals surface area contributed by atoms with Crippen LogP contribution in [0.5, 0.6) is 6.01 Å². The van der Waals surface area contributed by atoms with Crippen molar-refractivity contribution < 1.29 is 31.8 Å². The van der Waals surface area contributed by atoms with E-state index in [1.54, 1.807) is 18.2 Å². The number of benzene rings is 2. The summed E-state index contributed by atoms with van der Waals surface area (Å²) in [7, 11) is 2.03. The van der Waals surface area contributed by atoms with Crippen LogP contribution in [-0.4, -0.2) is 125 Å². The summed E-state index contributed by atoms with van der Waals surface area (Å²) in [4.78, 5) is 35.5. The smallest absolute Gasteiger partial charge is 0.319 e. The van der Waals surface area contributed by atoms with Crippen molar-refractivity contribution in [2.45, 2.75) is 49.0 Å². The second kappa shape index (κ2) is 12.6. The highest BCUT2D eigenvalue weighted by molar-refractivity contribution is 5.99. The Morgan fingerprint density at radius 3 is 2.71 bits per heavy atom. The quantitative estimate of drug-likeness (QED) is 0.196. The van der Waals surface area contributed by atoms with Crippen LogP contribution in [0, 0.1) is 17.5 Å². The van der Waals surface area contributed by atoms with Crippen molar-refractivity contribution in [1.82, 2.24) is 29.7 Å². The zero-order chi connectivity index (χ0) is 35.8. The van der Waals surface area contributed by atoms with Gasteiger partial charge < -0.3 is 19.3 Å². The van der Waals surface area contributed by atoms with Gasteiger partial charge >= 0.3 is 6.01 Å². The Morgan fingerprint density at radius 2 is 1.94 bits per heavy atom. The van der Waals surface area contributed by atoms with Crippen molar-refractivity contribution in [2.24, 2.45) is 0 Å². The summed E-state index contributed by atoms with van der Waals surface area (Å²) in [5.41, 5.74) is -1.33. The molecule has 4 aromatic rings. The van der Waals surface area contributed by atoms with Gasteiger partial charge in [-0.2, -0.15) is 9.97 Å². The molecule has 5 aliphatic rings.